The Hall–Kier alpha value is -3.97. The van der Waals surface area contributed by atoms with E-state index in [0.29, 0.717) is 17.0 Å². The van der Waals surface area contributed by atoms with Crippen LogP contribution in [0, 0.1) is 19.3 Å². The molecule has 0 amide bonds. The van der Waals surface area contributed by atoms with Crippen LogP contribution >= 0.6 is 0 Å². The number of anilines is 2. The summed E-state index contributed by atoms with van der Waals surface area (Å²) < 4.78 is 18.3. The molecule has 10 heteroatoms. The number of hydrogen-bond donors (Lipinski definition) is 1. The third-order valence-electron chi connectivity index (χ3n) is 4.99. The van der Waals surface area contributed by atoms with Crippen LogP contribution in [0.2, 0.25) is 0 Å². The molecule has 0 aliphatic carbocycles. The van der Waals surface area contributed by atoms with Crippen molar-refractivity contribution in [3.63, 3.8) is 0 Å². The molecule has 1 aliphatic rings. The number of esters is 2. The molecule has 3 aromatic rings. The number of aromatic nitrogens is 4. The molecule has 0 bridgehead atoms. The van der Waals surface area contributed by atoms with Crippen LogP contribution in [0.15, 0.2) is 36.9 Å². The number of hydrogen-bond acceptors (Lipinski definition) is 9. The van der Waals surface area contributed by atoms with Gasteiger partial charge < -0.3 is 19.5 Å². The minimum atomic E-state index is -0.988. The first-order chi connectivity index (χ1) is 15.4. The fourth-order valence-electron chi connectivity index (χ4n) is 3.61. The second kappa shape index (κ2) is 8.64. The van der Waals surface area contributed by atoms with Crippen LogP contribution < -0.4 is 5.32 Å². The lowest BCUT2D eigenvalue weighted by atomic mass is 10.1. The maximum atomic E-state index is 11.8. The van der Waals surface area contributed by atoms with E-state index in [1.54, 1.807) is 4.57 Å². The van der Waals surface area contributed by atoms with Crippen LogP contribution in [-0.2, 0) is 23.8 Å². The van der Waals surface area contributed by atoms with Gasteiger partial charge in [0, 0.05) is 19.5 Å². The molecule has 4 atom stereocenters. The Labute approximate surface area is 183 Å². The van der Waals surface area contributed by atoms with Crippen LogP contribution in [0.4, 0.5) is 11.5 Å². The number of terminal acetylenes is 1. The van der Waals surface area contributed by atoms with E-state index in [1.165, 1.54) is 26.5 Å². The van der Waals surface area contributed by atoms with Gasteiger partial charge in [-0.05, 0) is 18.6 Å². The molecule has 0 spiro atoms. The highest BCUT2D eigenvalue weighted by Crippen LogP contribution is 2.36. The van der Waals surface area contributed by atoms with Crippen molar-refractivity contribution in [2.75, 3.05) is 5.32 Å². The van der Waals surface area contributed by atoms with Crippen molar-refractivity contribution in [3.8, 4) is 12.3 Å². The predicted octanol–water partition coefficient (Wildman–Crippen LogP) is 2.27. The number of benzene rings is 1. The molecular weight excluding hydrogens is 414 g/mol. The Morgan fingerprint density at radius 3 is 2.53 bits per heavy atom. The van der Waals surface area contributed by atoms with Gasteiger partial charge in [0.25, 0.3) is 0 Å². The number of ether oxygens (including phenoxy) is 3. The van der Waals surface area contributed by atoms with Crippen molar-refractivity contribution in [3.05, 3.63) is 42.5 Å². The molecule has 1 fully saturated rings. The van der Waals surface area contributed by atoms with Gasteiger partial charge in [0.15, 0.2) is 41.5 Å². The minimum absolute atomic E-state index is 0.428. The van der Waals surface area contributed by atoms with Crippen LogP contribution in [0.25, 0.3) is 11.2 Å². The first-order valence-electron chi connectivity index (χ1n) is 9.85. The van der Waals surface area contributed by atoms with E-state index in [-0.39, 0.29) is 0 Å². The number of aryl methyl sites for hydroxylation is 1. The highest BCUT2D eigenvalue weighted by Gasteiger charge is 2.50. The lowest BCUT2D eigenvalue weighted by molar-refractivity contribution is -0.165. The Kier molecular flexibility index (Phi) is 5.75. The van der Waals surface area contributed by atoms with E-state index in [9.17, 15) is 9.59 Å². The topological polar surface area (TPSA) is 117 Å². The average Bonchev–Trinajstić information content (AvgIpc) is 3.31. The second-order valence-corrected chi connectivity index (χ2v) is 7.25. The highest BCUT2D eigenvalue weighted by molar-refractivity contribution is 5.85. The number of imidazole rings is 1. The Balaban J connectivity index is 1.74. The zero-order valence-corrected chi connectivity index (χ0v) is 17.7. The van der Waals surface area contributed by atoms with Crippen LogP contribution in [0.5, 0.6) is 0 Å². The molecule has 2 aromatic heterocycles. The number of carbonyl (C=O) groups excluding carboxylic acids is 2. The van der Waals surface area contributed by atoms with E-state index < -0.39 is 36.5 Å². The second-order valence-electron chi connectivity index (χ2n) is 7.25. The van der Waals surface area contributed by atoms with Crippen molar-refractivity contribution in [2.24, 2.45) is 0 Å². The summed E-state index contributed by atoms with van der Waals surface area (Å²) in [5.41, 5.74) is 2.82. The molecule has 32 heavy (non-hydrogen) atoms. The highest BCUT2D eigenvalue weighted by atomic mass is 16.6. The molecule has 1 aromatic carbocycles. The van der Waals surface area contributed by atoms with Crippen molar-refractivity contribution < 1.29 is 23.8 Å². The van der Waals surface area contributed by atoms with Gasteiger partial charge in [0.1, 0.15) is 6.33 Å². The third kappa shape index (κ3) is 3.98. The van der Waals surface area contributed by atoms with E-state index in [2.05, 4.69) is 26.2 Å². The summed E-state index contributed by atoms with van der Waals surface area (Å²) >= 11 is 0. The van der Waals surface area contributed by atoms with Gasteiger partial charge in [-0.15, -0.1) is 6.42 Å². The fourth-order valence-corrected chi connectivity index (χ4v) is 3.61. The van der Waals surface area contributed by atoms with Crippen LogP contribution in [0.3, 0.4) is 0 Å². The lowest BCUT2D eigenvalue weighted by Crippen LogP contribution is -2.38. The SMILES string of the molecule is C#C[C@H]1O[C@@H](n2cnc3c(Nc4ccccc4C)ncnc32)[C@H](OC(C)=O)[C@@H]1OC(C)=O. The molecule has 0 radical (unpaired) electrons. The zero-order valence-electron chi connectivity index (χ0n) is 17.7. The molecule has 1 N–H and O–H groups in total. The summed E-state index contributed by atoms with van der Waals surface area (Å²) in [6, 6.07) is 7.76. The number of nitrogens with one attached hydrogen (secondary N) is 1. The molecule has 164 valence electrons. The smallest absolute Gasteiger partial charge is 0.303 e. The summed E-state index contributed by atoms with van der Waals surface area (Å²) in [4.78, 5) is 36.4. The maximum absolute atomic E-state index is 11.8. The number of nitrogens with zero attached hydrogens (tertiary/aromatic N) is 4. The van der Waals surface area contributed by atoms with Crippen molar-refractivity contribution in [2.45, 2.75) is 45.3 Å². The van der Waals surface area contributed by atoms with E-state index in [4.69, 9.17) is 20.6 Å². The molecule has 10 nitrogen and oxygen atoms in total. The monoisotopic (exact) mass is 435 g/mol. The third-order valence-corrected chi connectivity index (χ3v) is 4.99. The van der Waals surface area contributed by atoms with Gasteiger partial charge in [-0.2, -0.15) is 0 Å². The van der Waals surface area contributed by atoms with Gasteiger partial charge >= 0.3 is 11.9 Å². The summed E-state index contributed by atoms with van der Waals surface area (Å²) in [5.74, 6) is 1.80. The Morgan fingerprint density at radius 2 is 1.84 bits per heavy atom. The van der Waals surface area contributed by atoms with E-state index in [1.807, 2.05) is 31.2 Å². The summed E-state index contributed by atoms with van der Waals surface area (Å²) in [6.45, 7) is 4.48. The van der Waals surface area contributed by atoms with Crippen LogP contribution in [0.1, 0.15) is 25.6 Å². The normalized spacial score (nSPS) is 22.3. The minimum Gasteiger partial charge on any atom is -0.455 e. The molecule has 3 heterocycles. The largest absolute Gasteiger partial charge is 0.455 e. The molecule has 0 saturated carbocycles. The summed E-state index contributed by atoms with van der Waals surface area (Å²) in [7, 11) is 0. The predicted molar refractivity (Wildman–Crippen MR) is 114 cm³/mol. The number of rotatable bonds is 5. The Morgan fingerprint density at radius 1 is 1.12 bits per heavy atom. The fraction of sp³-hybridized carbons (Fsp3) is 0.318. The van der Waals surface area contributed by atoms with E-state index in [0.717, 1.165) is 11.3 Å². The van der Waals surface area contributed by atoms with Crippen molar-refractivity contribution >= 4 is 34.6 Å². The van der Waals surface area contributed by atoms with Gasteiger partial charge in [-0.3, -0.25) is 14.2 Å². The van der Waals surface area contributed by atoms with Crippen molar-refractivity contribution in [1.82, 2.24) is 19.5 Å². The van der Waals surface area contributed by atoms with Crippen LogP contribution in [-0.4, -0.2) is 49.8 Å². The number of fused-ring (bicyclic) bond motifs is 1. The molecule has 1 aliphatic heterocycles. The molecule has 1 saturated heterocycles. The molecule has 4 rings (SSSR count). The van der Waals surface area contributed by atoms with Gasteiger partial charge in [-0.1, -0.05) is 24.1 Å². The van der Waals surface area contributed by atoms with E-state index >= 15 is 0 Å². The maximum Gasteiger partial charge on any atom is 0.303 e. The number of para-hydroxylation sites is 1. The van der Waals surface area contributed by atoms with Crippen molar-refractivity contribution in [1.29, 1.82) is 0 Å². The van der Waals surface area contributed by atoms with Gasteiger partial charge in [0.05, 0.1) is 6.33 Å². The quantitative estimate of drug-likeness (QED) is 0.476. The first-order valence-corrected chi connectivity index (χ1v) is 9.85. The van der Waals surface area contributed by atoms with Gasteiger partial charge in [-0.25, -0.2) is 15.0 Å². The molecular formula is C22H21N5O5. The van der Waals surface area contributed by atoms with Gasteiger partial charge in [0.2, 0.25) is 0 Å². The average molecular weight is 435 g/mol. The summed E-state index contributed by atoms with van der Waals surface area (Å²) in [6.07, 6.45) is 4.67. The summed E-state index contributed by atoms with van der Waals surface area (Å²) in [5, 5.41) is 3.26. The zero-order chi connectivity index (χ0) is 22.8. The lowest BCUT2D eigenvalue weighted by Gasteiger charge is -2.23. The first kappa shape index (κ1) is 21.3. The standard InChI is InChI=1S/C22H21N5O5/c1-5-16-18(30-13(3)28)19(31-14(4)29)22(32-16)27-11-25-17-20(23-10-24-21(17)27)26-15-9-7-6-8-12(15)2/h1,6-11,16,18-19,22H,2-4H3,(H,23,24,26)/t16-,18-,19-,22-/m1/s1. The number of carbonyl (C=O) groups is 2. The Bertz CT molecular complexity index is 1220. The molecule has 0 unspecified atom stereocenters.